The standard InChI is InChI=1S/C21H24N4OS/c1-12-11-16(7-8-17(12)25-9-5-6-10-25)24-20(26)19-13(2)18-14(3)22-15(4)23-21(18)27-19/h7-8,11H,5-6,9-10H2,1-4H3,(H,24,26). The van der Waals surface area contributed by atoms with E-state index in [1.165, 1.54) is 35.4 Å². The molecule has 6 heteroatoms. The number of carbonyl (C=O) groups is 1. The summed E-state index contributed by atoms with van der Waals surface area (Å²) in [7, 11) is 0. The third-order valence-corrected chi connectivity index (χ3v) is 6.37. The first-order valence-electron chi connectivity index (χ1n) is 9.35. The number of fused-ring (bicyclic) bond motifs is 1. The number of thiophene rings is 1. The summed E-state index contributed by atoms with van der Waals surface area (Å²) in [6, 6.07) is 6.17. The van der Waals surface area contributed by atoms with Crippen molar-refractivity contribution in [2.24, 2.45) is 0 Å². The molecule has 3 aromatic rings. The van der Waals surface area contributed by atoms with Gasteiger partial charge in [-0.2, -0.15) is 0 Å². The molecule has 1 aliphatic heterocycles. The second-order valence-corrected chi connectivity index (χ2v) is 8.24. The third kappa shape index (κ3) is 3.30. The first kappa shape index (κ1) is 17.9. The Kier molecular flexibility index (Phi) is 4.60. The van der Waals surface area contributed by atoms with Crippen molar-refractivity contribution in [3.05, 3.63) is 45.7 Å². The van der Waals surface area contributed by atoms with E-state index in [4.69, 9.17) is 0 Å². The molecule has 1 fully saturated rings. The zero-order valence-electron chi connectivity index (χ0n) is 16.2. The van der Waals surface area contributed by atoms with Gasteiger partial charge in [0.1, 0.15) is 10.7 Å². The minimum Gasteiger partial charge on any atom is -0.371 e. The highest BCUT2D eigenvalue weighted by molar-refractivity contribution is 7.20. The van der Waals surface area contributed by atoms with E-state index in [1.54, 1.807) is 0 Å². The van der Waals surface area contributed by atoms with Gasteiger partial charge in [-0.15, -0.1) is 11.3 Å². The van der Waals surface area contributed by atoms with Gasteiger partial charge in [0.15, 0.2) is 0 Å². The fourth-order valence-corrected chi connectivity index (χ4v) is 5.10. The topological polar surface area (TPSA) is 58.1 Å². The molecule has 0 radical (unpaired) electrons. The second kappa shape index (κ2) is 6.93. The van der Waals surface area contributed by atoms with Crippen molar-refractivity contribution in [1.82, 2.24) is 9.97 Å². The van der Waals surface area contributed by atoms with Gasteiger partial charge in [0, 0.05) is 35.5 Å². The number of nitrogens with one attached hydrogen (secondary N) is 1. The summed E-state index contributed by atoms with van der Waals surface area (Å²) in [6.45, 7) is 10.2. The van der Waals surface area contributed by atoms with Gasteiger partial charge < -0.3 is 10.2 Å². The molecule has 1 aromatic carbocycles. The van der Waals surface area contributed by atoms with Gasteiger partial charge in [-0.05, 0) is 69.9 Å². The van der Waals surface area contributed by atoms with Crippen LogP contribution in [0, 0.1) is 27.7 Å². The molecule has 5 nitrogen and oxygen atoms in total. The molecule has 4 rings (SSSR count). The van der Waals surface area contributed by atoms with Gasteiger partial charge in [-0.3, -0.25) is 4.79 Å². The fourth-order valence-electron chi connectivity index (χ4n) is 3.92. The van der Waals surface area contributed by atoms with Crippen LogP contribution in [0.2, 0.25) is 0 Å². The summed E-state index contributed by atoms with van der Waals surface area (Å²) < 4.78 is 0. The molecule has 0 saturated carbocycles. The zero-order valence-corrected chi connectivity index (χ0v) is 17.0. The van der Waals surface area contributed by atoms with E-state index < -0.39 is 0 Å². The predicted molar refractivity (Wildman–Crippen MR) is 112 cm³/mol. The molecular formula is C21H24N4OS. The molecule has 2 aromatic heterocycles. The largest absolute Gasteiger partial charge is 0.371 e. The van der Waals surface area contributed by atoms with Gasteiger partial charge in [0.2, 0.25) is 0 Å². The van der Waals surface area contributed by atoms with Crippen molar-refractivity contribution in [1.29, 1.82) is 0 Å². The van der Waals surface area contributed by atoms with Gasteiger partial charge in [0.05, 0.1) is 4.88 Å². The lowest BCUT2D eigenvalue weighted by molar-refractivity contribution is 0.103. The average molecular weight is 381 g/mol. The number of anilines is 2. The van der Waals surface area contributed by atoms with Crippen LogP contribution in [0.25, 0.3) is 10.2 Å². The summed E-state index contributed by atoms with van der Waals surface area (Å²) in [5, 5.41) is 4.05. The zero-order chi connectivity index (χ0) is 19.1. The quantitative estimate of drug-likeness (QED) is 0.710. The number of nitrogens with zero attached hydrogens (tertiary/aromatic N) is 3. The van der Waals surface area contributed by atoms with Gasteiger partial charge in [0.25, 0.3) is 5.91 Å². The maximum atomic E-state index is 12.9. The summed E-state index contributed by atoms with van der Waals surface area (Å²) in [5.41, 5.74) is 5.17. The van der Waals surface area contributed by atoms with E-state index in [1.807, 2.05) is 26.8 Å². The maximum Gasteiger partial charge on any atom is 0.266 e. The first-order chi connectivity index (χ1) is 12.9. The molecule has 0 spiro atoms. The fraction of sp³-hybridized carbons (Fsp3) is 0.381. The van der Waals surface area contributed by atoms with E-state index in [0.717, 1.165) is 46.1 Å². The highest BCUT2D eigenvalue weighted by atomic mass is 32.1. The van der Waals surface area contributed by atoms with Crippen LogP contribution in [0.4, 0.5) is 11.4 Å². The van der Waals surface area contributed by atoms with Crippen LogP contribution in [-0.2, 0) is 0 Å². The molecule has 140 valence electrons. The third-order valence-electron chi connectivity index (χ3n) is 5.19. The van der Waals surface area contributed by atoms with Gasteiger partial charge in [-0.25, -0.2) is 9.97 Å². The second-order valence-electron chi connectivity index (χ2n) is 7.24. The number of hydrogen-bond acceptors (Lipinski definition) is 5. The summed E-state index contributed by atoms with van der Waals surface area (Å²) in [6.07, 6.45) is 2.51. The highest BCUT2D eigenvalue weighted by Gasteiger charge is 2.19. The van der Waals surface area contributed by atoms with Crippen molar-refractivity contribution in [2.45, 2.75) is 40.5 Å². The number of benzene rings is 1. The van der Waals surface area contributed by atoms with E-state index in [2.05, 4.69) is 39.2 Å². The SMILES string of the molecule is Cc1nc(C)c2c(C)c(C(=O)Nc3ccc(N4CCCC4)c(C)c3)sc2n1. The Hall–Kier alpha value is -2.47. The molecular weight excluding hydrogens is 356 g/mol. The first-order valence-corrected chi connectivity index (χ1v) is 10.2. The van der Waals surface area contributed by atoms with Crippen LogP contribution in [-0.4, -0.2) is 29.0 Å². The molecule has 1 aliphatic rings. The minimum atomic E-state index is -0.0825. The summed E-state index contributed by atoms with van der Waals surface area (Å²) in [5.74, 6) is 0.655. The Morgan fingerprint density at radius 1 is 1.11 bits per heavy atom. The van der Waals surface area contributed by atoms with Crippen molar-refractivity contribution < 1.29 is 4.79 Å². The number of aromatic nitrogens is 2. The highest BCUT2D eigenvalue weighted by Crippen LogP contribution is 2.32. The molecule has 27 heavy (non-hydrogen) atoms. The predicted octanol–water partition coefficient (Wildman–Crippen LogP) is 4.78. The van der Waals surface area contributed by atoms with Crippen LogP contribution in [0.5, 0.6) is 0 Å². The van der Waals surface area contributed by atoms with E-state index in [0.29, 0.717) is 4.88 Å². The monoisotopic (exact) mass is 380 g/mol. The Morgan fingerprint density at radius 3 is 2.56 bits per heavy atom. The molecule has 0 atom stereocenters. The number of carbonyl (C=O) groups excluding carboxylic acids is 1. The number of aryl methyl sites for hydroxylation is 4. The molecule has 1 amide bonds. The van der Waals surface area contributed by atoms with Gasteiger partial charge >= 0.3 is 0 Å². The Balaban J connectivity index is 1.61. The summed E-state index contributed by atoms with van der Waals surface area (Å²) >= 11 is 1.44. The lowest BCUT2D eigenvalue weighted by atomic mass is 10.1. The molecule has 1 N–H and O–H groups in total. The van der Waals surface area contributed by atoms with E-state index in [-0.39, 0.29) is 5.91 Å². The van der Waals surface area contributed by atoms with Gasteiger partial charge in [-0.1, -0.05) is 0 Å². The van der Waals surface area contributed by atoms with Crippen molar-refractivity contribution in [2.75, 3.05) is 23.3 Å². The molecule has 3 heterocycles. The van der Waals surface area contributed by atoms with Crippen LogP contribution >= 0.6 is 11.3 Å². The average Bonchev–Trinajstić information content (AvgIpc) is 3.23. The number of hydrogen-bond donors (Lipinski definition) is 1. The molecule has 0 bridgehead atoms. The Morgan fingerprint density at radius 2 is 1.85 bits per heavy atom. The Bertz CT molecular complexity index is 1030. The van der Waals surface area contributed by atoms with E-state index >= 15 is 0 Å². The van der Waals surface area contributed by atoms with Crippen molar-refractivity contribution in [3.8, 4) is 0 Å². The van der Waals surface area contributed by atoms with E-state index in [9.17, 15) is 4.79 Å². The minimum absolute atomic E-state index is 0.0825. The lowest BCUT2D eigenvalue weighted by Gasteiger charge is -2.20. The van der Waals surface area contributed by atoms with Crippen LogP contribution in [0.15, 0.2) is 18.2 Å². The van der Waals surface area contributed by atoms with Crippen molar-refractivity contribution in [3.63, 3.8) is 0 Å². The molecule has 0 aliphatic carbocycles. The Labute approximate surface area is 163 Å². The molecule has 1 saturated heterocycles. The summed E-state index contributed by atoms with van der Waals surface area (Å²) in [4.78, 5) is 25.8. The number of rotatable bonds is 3. The maximum absolute atomic E-state index is 12.9. The number of amides is 1. The lowest BCUT2D eigenvalue weighted by Crippen LogP contribution is -2.19. The van der Waals surface area contributed by atoms with Crippen LogP contribution < -0.4 is 10.2 Å². The smallest absolute Gasteiger partial charge is 0.266 e. The normalized spacial score (nSPS) is 14.1. The molecule has 0 unspecified atom stereocenters. The van der Waals surface area contributed by atoms with Crippen molar-refractivity contribution >= 4 is 38.8 Å². The van der Waals surface area contributed by atoms with Crippen LogP contribution in [0.1, 0.15) is 45.2 Å². The van der Waals surface area contributed by atoms with Crippen LogP contribution in [0.3, 0.4) is 0 Å².